The van der Waals surface area contributed by atoms with E-state index in [-0.39, 0.29) is 24.3 Å². The van der Waals surface area contributed by atoms with Gasteiger partial charge in [-0.25, -0.2) is 0 Å². The van der Waals surface area contributed by atoms with Gasteiger partial charge in [0.05, 0.1) is 24.7 Å². The third-order valence-electron chi connectivity index (χ3n) is 3.79. The van der Waals surface area contributed by atoms with E-state index in [1.807, 2.05) is 11.9 Å². The van der Waals surface area contributed by atoms with Crippen molar-refractivity contribution in [3.63, 3.8) is 0 Å². The fourth-order valence-electron chi connectivity index (χ4n) is 2.69. The molecule has 2 N–H and O–H groups in total. The Bertz CT molecular complexity index is 338. The van der Waals surface area contributed by atoms with Crippen LogP contribution in [0.1, 0.15) is 32.6 Å². The van der Waals surface area contributed by atoms with Crippen molar-refractivity contribution in [3.05, 3.63) is 0 Å². The molecule has 1 aliphatic rings. The zero-order chi connectivity index (χ0) is 15.2. The second kappa shape index (κ2) is 7.59. The van der Waals surface area contributed by atoms with Crippen molar-refractivity contribution in [1.29, 1.82) is 0 Å². The van der Waals surface area contributed by atoms with E-state index in [1.54, 1.807) is 14.0 Å². The van der Waals surface area contributed by atoms with E-state index in [9.17, 15) is 14.7 Å². The number of nitrogens with zero attached hydrogens (tertiary/aromatic N) is 1. The molecule has 1 rings (SSSR count). The van der Waals surface area contributed by atoms with Gasteiger partial charge in [0.2, 0.25) is 5.91 Å². The molecule has 0 bridgehead atoms. The molecule has 0 heterocycles. The number of carbonyl (C=O) groups excluding carboxylic acids is 2. The van der Waals surface area contributed by atoms with Crippen LogP contribution in [-0.2, 0) is 14.3 Å². The van der Waals surface area contributed by atoms with Crippen molar-refractivity contribution >= 4 is 11.9 Å². The first kappa shape index (κ1) is 16.9. The molecule has 0 aromatic heterocycles. The van der Waals surface area contributed by atoms with Gasteiger partial charge in [-0.3, -0.25) is 14.5 Å². The van der Waals surface area contributed by atoms with E-state index in [1.165, 1.54) is 0 Å². The molecule has 1 saturated carbocycles. The first-order chi connectivity index (χ1) is 9.40. The lowest BCUT2D eigenvalue weighted by atomic mass is 9.78. The van der Waals surface area contributed by atoms with Crippen molar-refractivity contribution in [2.75, 3.05) is 33.8 Å². The molecule has 116 valence electrons. The molecular weight excluding hydrogens is 260 g/mol. The maximum Gasteiger partial charge on any atom is 0.308 e. The molecule has 1 aliphatic carbocycles. The van der Waals surface area contributed by atoms with E-state index in [0.29, 0.717) is 38.8 Å². The van der Waals surface area contributed by atoms with Gasteiger partial charge in [0, 0.05) is 13.6 Å². The predicted octanol–water partition coefficient (Wildman–Crippen LogP) is 0.149. The van der Waals surface area contributed by atoms with Crippen LogP contribution in [0, 0.1) is 5.92 Å². The number of rotatable bonds is 6. The number of esters is 1. The summed E-state index contributed by atoms with van der Waals surface area (Å²) in [6.45, 7) is 2.90. The molecule has 0 spiro atoms. The monoisotopic (exact) mass is 286 g/mol. The maximum absolute atomic E-state index is 11.6. The van der Waals surface area contributed by atoms with Crippen LogP contribution in [-0.4, -0.2) is 61.3 Å². The summed E-state index contributed by atoms with van der Waals surface area (Å²) in [4.78, 5) is 24.7. The minimum atomic E-state index is -0.814. The summed E-state index contributed by atoms with van der Waals surface area (Å²) in [5.41, 5.74) is -0.814. The smallest absolute Gasteiger partial charge is 0.308 e. The maximum atomic E-state index is 11.6. The van der Waals surface area contributed by atoms with Crippen molar-refractivity contribution in [2.24, 2.45) is 5.92 Å². The number of likely N-dealkylation sites (N-methyl/N-ethyl adjacent to an activating group) is 2. The van der Waals surface area contributed by atoms with Crippen molar-refractivity contribution in [1.82, 2.24) is 10.2 Å². The SMILES string of the molecule is CCOC(=O)C1CCC(O)(CN(C)CC(=O)NC)CC1. The van der Waals surface area contributed by atoms with Crippen LogP contribution < -0.4 is 5.32 Å². The molecule has 0 atom stereocenters. The minimum absolute atomic E-state index is 0.0729. The Morgan fingerprint density at radius 2 is 2.00 bits per heavy atom. The molecule has 1 fully saturated rings. The average molecular weight is 286 g/mol. The van der Waals surface area contributed by atoms with Gasteiger partial charge in [-0.1, -0.05) is 0 Å². The Labute approximate surface area is 120 Å². The molecule has 1 amide bonds. The highest BCUT2D eigenvalue weighted by Gasteiger charge is 2.37. The molecule has 0 radical (unpaired) electrons. The van der Waals surface area contributed by atoms with E-state index in [2.05, 4.69) is 5.32 Å². The fraction of sp³-hybridized carbons (Fsp3) is 0.857. The first-order valence-corrected chi connectivity index (χ1v) is 7.18. The van der Waals surface area contributed by atoms with Crippen LogP contribution in [0.15, 0.2) is 0 Å². The summed E-state index contributed by atoms with van der Waals surface area (Å²) >= 11 is 0. The molecule has 0 unspecified atom stereocenters. The second-order valence-corrected chi connectivity index (χ2v) is 5.60. The van der Waals surface area contributed by atoms with Gasteiger partial charge < -0.3 is 15.2 Å². The number of ether oxygens (including phenoxy) is 1. The molecule has 0 aliphatic heterocycles. The molecule has 0 saturated heterocycles. The number of nitrogens with one attached hydrogen (secondary N) is 1. The standard InChI is InChI=1S/C14H26N2O4/c1-4-20-13(18)11-5-7-14(19,8-6-11)10-16(3)9-12(17)15-2/h11,19H,4-10H2,1-3H3,(H,15,17). The highest BCUT2D eigenvalue weighted by atomic mass is 16.5. The molecule has 0 aromatic carbocycles. The third kappa shape index (κ3) is 5.09. The fourth-order valence-corrected chi connectivity index (χ4v) is 2.69. The molecule has 6 heteroatoms. The van der Waals surface area contributed by atoms with Gasteiger partial charge in [-0.2, -0.15) is 0 Å². The van der Waals surface area contributed by atoms with Gasteiger partial charge in [-0.05, 0) is 39.7 Å². The minimum Gasteiger partial charge on any atom is -0.466 e. The zero-order valence-corrected chi connectivity index (χ0v) is 12.6. The Morgan fingerprint density at radius 1 is 1.40 bits per heavy atom. The summed E-state index contributed by atoms with van der Waals surface area (Å²) in [6.07, 6.45) is 2.41. The number of hydrogen-bond acceptors (Lipinski definition) is 5. The summed E-state index contributed by atoms with van der Waals surface area (Å²) in [5, 5.41) is 13.1. The summed E-state index contributed by atoms with van der Waals surface area (Å²) in [6, 6.07) is 0. The Balaban J connectivity index is 2.41. The normalized spacial score (nSPS) is 26.4. The van der Waals surface area contributed by atoms with E-state index in [0.717, 1.165) is 0 Å². The zero-order valence-electron chi connectivity index (χ0n) is 12.6. The van der Waals surface area contributed by atoms with Gasteiger partial charge in [0.1, 0.15) is 0 Å². The quantitative estimate of drug-likeness (QED) is 0.680. The number of aliphatic hydroxyl groups is 1. The average Bonchev–Trinajstić information content (AvgIpc) is 2.38. The third-order valence-corrected chi connectivity index (χ3v) is 3.79. The van der Waals surface area contributed by atoms with Crippen molar-refractivity contribution in [2.45, 2.75) is 38.2 Å². The van der Waals surface area contributed by atoms with Gasteiger partial charge in [0.25, 0.3) is 0 Å². The van der Waals surface area contributed by atoms with E-state index < -0.39 is 5.60 Å². The van der Waals surface area contributed by atoms with Gasteiger partial charge in [-0.15, -0.1) is 0 Å². The van der Waals surface area contributed by atoms with Crippen LogP contribution >= 0.6 is 0 Å². The van der Waals surface area contributed by atoms with Crippen LogP contribution in [0.25, 0.3) is 0 Å². The van der Waals surface area contributed by atoms with Crippen LogP contribution in [0.5, 0.6) is 0 Å². The predicted molar refractivity (Wildman–Crippen MR) is 75.1 cm³/mol. The number of amides is 1. The Morgan fingerprint density at radius 3 is 2.50 bits per heavy atom. The summed E-state index contributed by atoms with van der Waals surface area (Å²) < 4.78 is 5.01. The molecule has 0 aromatic rings. The van der Waals surface area contributed by atoms with Gasteiger partial charge >= 0.3 is 5.97 Å². The molecule has 6 nitrogen and oxygen atoms in total. The molecule has 20 heavy (non-hydrogen) atoms. The lowest BCUT2D eigenvalue weighted by Crippen LogP contribution is -2.47. The lowest BCUT2D eigenvalue weighted by molar-refractivity contribution is -0.151. The van der Waals surface area contributed by atoms with Crippen LogP contribution in [0.3, 0.4) is 0 Å². The summed E-state index contributed by atoms with van der Waals surface area (Å²) in [5.74, 6) is -0.330. The highest BCUT2D eigenvalue weighted by molar-refractivity contribution is 5.77. The van der Waals surface area contributed by atoms with Gasteiger partial charge in [0.15, 0.2) is 0 Å². The largest absolute Gasteiger partial charge is 0.466 e. The Kier molecular flexibility index (Phi) is 6.42. The van der Waals surface area contributed by atoms with E-state index in [4.69, 9.17) is 4.74 Å². The number of carbonyl (C=O) groups is 2. The van der Waals surface area contributed by atoms with Crippen LogP contribution in [0.2, 0.25) is 0 Å². The van der Waals surface area contributed by atoms with Crippen molar-refractivity contribution < 1.29 is 19.4 Å². The van der Waals surface area contributed by atoms with E-state index >= 15 is 0 Å². The lowest BCUT2D eigenvalue weighted by Gasteiger charge is -2.37. The van der Waals surface area contributed by atoms with Crippen LogP contribution in [0.4, 0.5) is 0 Å². The topological polar surface area (TPSA) is 78.9 Å². The Hall–Kier alpha value is -1.14. The number of hydrogen-bond donors (Lipinski definition) is 2. The highest BCUT2D eigenvalue weighted by Crippen LogP contribution is 2.33. The first-order valence-electron chi connectivity index (χ1n) is 7.18. The van der Waals surface area contributed by atoms with Crippen molar-refractivity contribution in [3.8, 4) is 0 Å². The summed E-state index contributed by atoms with van der Waals surface area (Å²) in [7, 11) is 3.40. The second-order valence-electron chi connectivity index (χ2n) is 5.60. The molecular formula is C14H26N2O4.